The highest BCUT2D eigenvalue weighted by Crippen LogP contribution is 2.31. The van der Waals surface area contributed by atoms with Crippen molar-refractivity contribution in [3.8, 4) is 0 Å². The Kier molecular flexibility index (Phi) is 5.00. The van der Waals surface area contributed by atoms with Gasteiger partial charge < -0.3 is 5.32 Å². The normalized spacial score (nSPS) is 23.4. The van der Waals surface area contributed by atoms with Gasteiger partial charge in [-0.05, 0) is 44.7 Å². The lowest BCUT2D eigenvalue weighted by molar-refractivity contribution is 0.268. The molecule has 18 heavy (non-hydrogen) atoms. The number of rotatable bonds is 7. The molecule has 2 aliphatic rings. The van der Waals surface area contributed by atoms with Gasteiger partial charge in [0, 0.05) is 19.6 Å². The summed E-state index contributed by atoms with van der Waals surface area (Å²) in [6, 6.07) is 0. The SMILES string of the molecule is CNCC1CCN(S(=O)(=O)NCCC2CC2)CC1. The molecule has 1 saturated carbocycles. The van der Waals surface area contributed by atoms with Crippen LogP contribution in [0.3, 0.4) is 0 Å². The number of hydrogen-bond donors (Lipinski definition) is 2. The fourth-order valence-corrected chi connectivity index (χ4v) is 3.78. The van der Waals surface area contributed by atoms with Gasteiger partial charge in [0.2, 0.25) is 0 Å². The maximum Gasteiger partial charge on any atom is 0.279 e. The van der Waals surface area contributed by atoms with Gasteiger partial charge >= 0.3 is 0 Å². The first-order valence-corrected chi connectivity index (χ1v) is 8.45. The molecular formula is C12H25N3O2S. The number of nitrogens with zero attached hydrogens (tertiary/aromatic N) is 1. The van der Waals surface area contributed by atoms with E-state index in [2.05, 4.69) is 10.0 Å². The third-order valence-corrected chi connectivity index (χ3v) is 5.55. The molecule has 1 aliphatic carbocycles. The van der Waals surface area contributed by atoms with Crippen LogP contribution >= 0.6 is 0 Å². The predicted octanol–water partition coefficient (Wildman–Crippen LogP) is 0.552. The van der Waals surface area contributed by atoms with Crippen LogP contribution in [0.25, 0.3) is 0 Å². The van der Waals surface area contributed by atoms with Crippen molar-refractivity contribution in [1.82, 2.24) is 14.3 Å². The standard InChI is InChI=1S/C12H25N3O2S/c1-13-10-12-5-8-15(9-6-12)18(16,17)14-7-4-11-2-3-11/h11-14H,2-10H2,1H3. The van der Waals surface area contributed by atoms with Gasteiger partial charge in [0.25, 0.3) is 10.2 Å². The van der Waals surface area contributed by atoms with Gasteiger partial charge in [0.15, 0.2) is 0 Å². The van der Waals surface area contributed by atoms with Crippen molar-refractivity contribution in [1.29, 1.82) is 0 Å². The van der Waals surface area contributed by atoms with E-state index in [4.69, 9.17) is 0 Å². The molecule has 0 atom stereocenters. The summed E-state index contributed by atoms with van der Waals surface area (Å²) in [5.41, 5.74) is 0. The van der Waals surface area contributed by atoms with Crippen LogP contribution in [0.4, 0.5) is 0 Å². The molecule has 6 heteroatoms. The van der Waals surface area contributed by atoms with Crippen molar-refractivity contribution < 1.29 is 8.42 Å². The van der Waals surface area contributed by atoms with Crippen LogP contribution in [0.2, 0.25) is 0 Å². The molecule has 0 radical (unpaired) electrons. The first-order valence-electron chi connectivity index (χ1n) is 7.01. The highest BCUT2D eigenvalue weighted by atomic mass is 32.2. The third-order valence-electron chi connectivity index (χ3n) is 3.94. The fraction of sp³-hybridized carbons (Fsp3) is 1.00. The summed E-state index contributed by atoms with van der Waals surface area (Å²) in [4.78, 5) is 0. The summed E-state index contributed by atoms with van der Waals surface area (Å²) >= 11 is 0. The molecule has 1 saturated heterocycles. The predicted molar refractivity (Wildman–Crippen MR) is 72.5 cm³/mol. The lowest BCUT2D eigenvalue weighted by Gasteiger charge is -2.31. The third kappa shape index (κ3) is 4.19. The van der Waals surface area contributed by atoms with Crippen LogP contribution < -0.4 is 10.0 Å². The molecule has 1 heterocycles. The zero-order chi connectivity index (χ0) is 13.0. The Morgan fingerprint density at radius 2 is 1.78 bits per heavy atom. The molecule has 2 rings (SSSR count). The lowest BCUT2D eigenvalue weighted by atomic mass is 9.98. The Morgan fingerprint density at radius 1 is 1.11 bits per heavy atom. The van der Waals surface area contributed by atoms with E-state index in [9.17, 15) is 8.42 Å². The highest BCUT2D eigenvalue weighted by Gasteiger charge is 2.28. The molecule has 2 fully saturated rings. The molecule has 0 bridgehead atoms. The average Bonchev–Trinajstić information content (AvgIpc) is 3.14. The van der Waals surface area contributed by atoms with E-state index < -0.39 is 10.2 Å². The summed E-state index contributed by atoms with van der Waals surface area (Å²) in [5, 5.41) is 3.16. The minimum atomic E-state index is -3.23. The monoisotopic (exact) mass is 275 g/mol. The van der Waals surface area contributed by atoms with Crippen molar-refractivity contribution in [2.75, 3.05) is 33.2 Å². The number of hydrogen-bond acceptors (Lipinski definition) is 3. The Morgan fingerprint density at radius 3 is 2.33 bits per heavy atom. The van der Waals surface area contributed by atoms with Crippen LogP contribution in [0.15, 0.2) is 0 Å². The number of nitrogens with one attached hydrogen (secondary N) is 2. The summed E-state index contributed by atoms with van der Waals surface area (Å²) < 4.78 is 28.4. The first kappa shape index (κ1) is 14.2. The Bertz CT molecular complexity index is 346. The average molecular weight is 275 g/mol. The lowest BCUT2D eigenvalue weighted by Crippen LogP contribution is -2.46. The molecule has 0 spiro atoms. The molecule has 0 aromatic carbocycles. The summed E-state index contributed by atoms with van der Waals surface area (Å²) in [6.07, 6.45) is 5.47. The van der Waals surface area contributed by atoms with E-state index in [-0.39, 0.29) is 0 Å². The maximum absolute atomic E-state index is 12.1. The van der Waals surface area contributed by atoms with Crippen LogP contribution in [-0.4, -0.2) is 45.9 Å². The molecular weight excluding hydrogens is 250 g/mol. The van der Waals surface area contributed by atoms with Gasteiger partial charge in [-0.15, -0.1) is 0 Å². The second-order valence-electron chi connectivity index (χ2n) is 5.53. The summed E-state index contributed by atoms with van der Waals surface area (Å²) in [6.45, 7) is 2.91. The molecule has 2 N–H and O–H groups in total. The Hall–Kier alpha value is -0.170. The van der Waals surface area contributed by atoms with Crippen molar-refractivity contribution in [3.63, 3.8) is 0 Å². The second kappa shape index (κ2) is 6.32. The van der Waals surface area contributed by atoms with E-state index in [0.29, 0.717) is 25.6 Å². The van der Waals surface area contributed by atoms with E-state index in [1.165, 1.54) is 12.8 Å². The van der Waals surface area contributed by atoms with Crippen molar-refractivity contribution in [2.45, 2.75) is 32.1 Å². The van der Waals surface area contributed by atoms with Gasteiger partial charge in [0.05, 0.1) is 0 Å². The molecule has 0 aromatic heterocycles. The Balaban J connectivity index is 1.72. The zero-order valence-corrected chi connectivity index (χ0v) is 12.0. The van der Waals surface area contributed by atoms with Crippen LogP contribution in [0.1, 0.15) is 32.1 Å². The van der Waals surface area contributed by atoms with Crippen LogP contribution in [-0.2, 0) is 10.2 Å². The largest absolute Gasteiger partial charge is 0.319 e. The molecule has 0 unspecified atom stereocenters. The van der Waals surface area contributed by atoms with E-state index in [0.717, 1.165) is 31.7 Å². The van der Waals surface area contributed by atoms with E-state index in [1.807, 2.05) is 7.05 Å². The topological polar surface area (TPSA) is 61.4 Å². The van der Waals surface area contributed by atoms with Gasteiger partial charge in [-0.25, -0.2) is 4.72 Å². The molecule has 5 nitrogen and oxygen atoms in total. The molecule has 1 aliphatic heterocycles. The highest BCUT2D eigenvalue weighted by molar-refractivity contribution is 7.87. The Labute approximate surface area is 110 Å². The minimum Gasteiger partial charge on any atom is -0.319 e. The second-order valence-corrected chi connectivity index (χ2v) is 7.29. The van der Waals surface area contributed by atoms with Gasteiger partial charge in [0.1, 0.15) is 0 Å². The van der Waals surface area contributed by atoms with Crippen LogP contribution in [0.5, 0.6) is 0 Å². The van der Waals surface area contributed by atoms with Crippen molar-refractivity contribution in [2.24, 2.45) is 11.8 Å². The quantitative estimate of drug-likeness (QED) is 0.713. The minimum absolute atomic E-state index is 0.601. The first-order chi connectivity index (χ1) is 8.62. The smallest absolute Gasteiger partial charge is 0.279 e. The zero-order valence-electron chi connectivity index (χ0n) is 11.2. The fourth-order valence-electron chi connectivity index (χ4n) is 2.53. The van der Waals surface area contributed by atoms with Crippen molar-refractivity contribution >= 4 is 10.2 Å². The van der Waals surface area contributed by atoms with Gasteiger partial charge in [-0.3, -0.25) is 0 Å². The van der Waals surface area contributed by atoms with Crippen molar-refractivity contribution in [3.05, 3.63) is 0 Å². The maximum atomic E-state index is 12.1. The van der Waals surface area contributed by atoms with Gasteiger partial charge in [-0.2, -0.15) is 12.7 Å². The van der Waals surface area contributed by atoms with Gasteiger partial charge in [-0.1, -0.05) is 12.8 Å². The molecule has 106 valence electrons. The summed E-state index contributed by atoms with van der Waals surface area (Å²) in [5.74, 6) is 1.39. The summed E-state index contributed by atoms with van der Waals surface area (Å²) in [7, 11) is -1.28. The molecule has 0 amide bonds. The van der Waals surface area contributed by atoms with Crippen LogP contribution in [0, 0.1) is 11.8 Å². The number of piperidine rings is 1. The molecule has 0 aromatic rings. The van der Waals surface area contributed by atoms with E-state index >= 15 is 0 Å². The van der Waals surface area contributed by atoms with E-state index in [1.54, 1.807) is 4.31 Å².